The first kappa shape index (κ1) is 7.05. The summed E-state index contributed by atoms with van der Waals surface area (Å²) in [7, 11) is -1.87. The zero-order valence-electron chi connectivity index (χ0n) is 3.78. The predicted octanol–water partition coefficient (Wildman–Crippen LogP) is -0.245. The van der Waals surface area contributed by atoms with Crippen molar-refractivity contribution in [3.05, 3.63) is 11.9 Å². The van der Waals surface area contributed by atoms with Crippen LogP contribution in [0.1, 0.15) is 0 Å². The highest BCUT2D eigenvalue weighted by Gasteiger charge is 1.83. The lowest BCUT2D eigenvalue weighted by molar-refractivity contribution is 0.495. The normalized spacial score (nSPS) is 11.4. The van der Waals surface area contributed by atoms with Crippen molar-refractivity contribution < 1.29 is 9.79 Å². The Balaban J connectivity index is 3.08. The Morgan fingerprint density at radius 1 is 1.57 bits per heavy atom. The van der Waals surface area contributed by atoms with Gasteiger partial charge in [-0.3, -0.25) is 0 Å². The maximum absolute atomic E-state index is 8.16. The van der Waals surface area contributed by atoms with Crippen LogP contribution < -0.4 is 5.73 Å². The van der Waals surface area contributed by atoms with Crippen molar-refractivity contribution in [2.45, 2.75) is 0 Å². The maximum Gasteiger partial charge on any atom is 0.191 e. The molecule has 0 aromatic rings. The van der Waals surface area contributed by atoms with Crippen molar-refractivity contribution in [1.29, 1.82) is 0 Å². The summed E-state index contributed by atoms with van der Waals surface area (Å²) < 4.78 is 0. The molecule has 3 nitrogen and oxygen atoms in total. The van der Waals surface area contributed by atoms with Crippen LogP contribution in [-0.4, -0.2) is 16.3 Å². The average Bonchev–Trinajstić information content (AvgIpc) is 1.61. The smallest absolute Gasteiger partial charge is 0.191 e. The van der Waals surface area contributed by atoms with Gasteiger partial charge in [-0.2, -0.15) is 0 Å². The van der Waals surface area contributed by atoms with E-state index in [9.17, 15) is 0 Å². The summed E-state index contributed by atoms with van der Waals surface area (Å²) in [6.45, 7) is 0.361. The van der Waals surface area contributed by atoms with Gasteiger partial charge in [0.15, 0.2) is 8.38 Å². The highest BCUT2D eigenvalue weighted by Crippen LogP contribution is 2.23. The van der Waals surface area contributed by atoms with Crippen molar-refractivity contribution in [3.63, 3.8) is 0 Å². The number of rotatable bonds is 2. The van der Waals surface area contributed by atoms with E-state index in [0.29, 0.717) is 6.54 Å². The monoisotopic (exact) mass is 121 g/mol. The molecule has 0 atom stereocenters. The zero-order valence-corrected chi connectivity index (χ0v) is 4.68. The summed E-state index contributed by atoms with van der Waals surface area (Å²) in [5.74, 6) is 1.27. The molecule has 0 radical (unpaired) electrons. The summed E-state index contributed by atoms with van der Waals surface area (Å²) in [4.78, 5) is 16.3. The Kier molecular flexibility index (Phi) is 4.25. The molecule has 42 valence electrons. The van der Waals surface area contributed by atoms with Crippen LogP contribution in [0.4, 0.5) is 0 Å². The first-order valence-electron chi connectivity index (χ1n) is 1.81. The fourth-order valence-electron chi connectivity index (χ4n) is 0.155. The second-order valence-corrected chi connectivity index (χ2v) is 1.88. The molecular weight excluding hydrogens is 113 g/mol. The van der Waals surface area contributed by atoms with Crippen LogP contribution in [0, 0.1) is 0 Å². The molecule has 0 bridgehead atoms. The summed E-state index contributed by atoms with van der Waals surface area (Å²) in [5.41, 5.74) is 4.98. The van der Waals surface area contributed by atoms with E-state index in [1.807, 2.05) is 0 Å². The van der Waals surface area contributed by atoms with Gasteiger partial charge in [-0.1, -0.05) is 6.08 Å². The molecule has 0 heterocycles. The topological polar surface area (TPSA) is 66.5 Å². The van der Waals surface area contributed by atoms with Crippen molar-refractivity contribution in [2.75, 3.05) is 6.54 Å². The molecule has 4 heteroatoms. The van der Waals surface area contributed by atoms with Crippen molar-refractivity contribution in [2.24, 2.45) is 5.73 Å². The van der Waals surface area contributed by atoms with Crippen LogP contribution in [0.15, 0.2) is 11.9 Å². The molecule has 0 aromatic carbocycles. The van der Waals surface area contributed by atoms with Crippen LogP contribution in [0.3, 0.4) is 0 Å². The first-order chi connectivity index (χ1) is 3.27. The van der Waals surface area contributed by atoms with Gasteiger partial charge in [0.1, 0.15) is 0 Å². The van der Waals surface area contributed by atoms with Gasteiger partial charge >= 0.3 is 0 Å². The SMILES string of the molecule is NCC=CP(O)O. The maximum atomic E-state index is 8.16. The van der Waals surface area contributed by atoms with E-state index >= 15 is 0 Å². The van der Waals surface area contributed by atoms with Crippen LogP contribution in [0.5, 0.6) is 0 Å². The van der Waals surface area contributed by atoms with E-state index in [-0.39, 0.29) is 0 Å². The fourth-order valence-corrected chi connectivity index (χ4v) is 0.465. The van der Waals surface area contributed by atoms with Crippen LogP contribution in [-0.2, 0) is 0 Å². The number of hydrogen-bond acceptors (Lipinski definition) is 3. The minimum atomic E-state index is -1.87. The van der Waals surface area contributed by atoms with E-state index in [2.05, 4.69) is 0 Å². The van der Waals surface area contributed by atoms with E-state index in [1.54, 1.807) is 0 Å². The molecule has 0 spiro atoms. The van der Waals surface area contributed by atoms with E-state index in [4.69, 9.17) is 15.5 Å². The third-order valence-corrected chi connectivity index (χ3v) is 0.852. The highest BCUT2D eigenvalue weighted by molar-refractivity contribution is 7.48. The Morgan fingerprint density at radius 3 is 2.29 bits per heavy atom. The van der Waals surface area contributed by atoms with Gasteiger partial charge in [-0.05, 0) is 5.82 Å². The minimum Gasteiger partial charge on any atom is -0.347 e. The summed E-state index contributed by atoms with van der Waals surface area (Å²) >= 11 is 0. The quantitative estimate of drug-likeness (QED) is 0.441. The molecule has 7 heavy (non-hydrogen) atoms. The lowest BCUT2D eigenvalue weighted by Crippen LogP contribution is -1.91. The minimum absolute atomic E-state index is 0.361. The van der Waals surface area contributed by atoms with E-state index < -0.39 is 8.38 Å². The molecule has 0 aromatic heterocycles. The third kappa shape index (κ3) is 6.05. The van der Waals surface area contributed by atoms with Gasteiger partial charge in [-0.25, -0.2) is 0 Å². The Hall–Kier alpha value is 0.0500. The van der Waals surface area contributed by atoms with Crippen LogP contribution in [0.25, 0.3) is 0 Å². The largest absolute Gasteiger partial charge is 0.347 e. The fraction of sp³-hybridized carbons (Fsp3) is 0.333. The van der Waals surface area contributed by atoms with Gasteiger partial charge in [-0.15, -0.1) is 0 Å². The molecule has 0 fully saturated rings. The molecule has 0 rings (SSSR count). The predicted molar refractivity (Wildman–Crippen MR) is 29.6 cm³/mol. The van der Waals surface area contributed by atoms with Crippen molar-refractivity contribution >= 4 is 8.38 Å². The molecule has 0 aliphatic rings. The van der Waals surface area contributed by atoms with Gasteiger partial charge in [0, 0.05) is 6.54 Å². The second kappa shape index (κ2) is 4.22. The lowest BCUT2D eigenvalue weighted by Gasteiger charge is -1.87. The molecule has 0 saturated heterocycles. The number of nitrogens with two attached hydrogens (primary N) is 1. The number of hydrogen-bond donors (Lipinski definition) is 3. The first-order valence-corrected chi connectivity index (χ1v) is 3.12. The molecule has 0 saturated carbocycles. The Bertz CT molecular complexity index is 64.0. The van der Waals surface area contributed by atoms with E-state index in [0.717, 1.165) is 0 Å². The van der Waals surface area contributed by atoms with E-state index in [1.165, 1.54) is 11.9 Å². The summed E-state index contributed by atoms with van der Waals surface area (Å²) in [6.07, 6.45) is 1.51. The molecular formula is C3H8NO2P. The lowest BCUT2D eigenvalue weighted by atomic mass is 10.7. The Labute approximate surface area is 43.4 Å². The highest BCUT2D eigenvalue weighted by atomic mass is 31.2. The van der Waals surface area contributed by atoms with Crippen LogP contribution >= 0.6 is 8.38 Å². The Morgan fingerprint density at radius 2 is 2.14 bits per heavy atom. The average molecular weight is 121 g/mol. The molecule has 0 unspecified atom stereocenters. The standard InChI is InChI=1S/C3H8NO2P/c4-2-1-3-7(5)6/h1,3,5-6H,2,4H2. The van der Waals surface area contributed by atoms with Crippen LogP contribution in [0.2, 0.25) is 0 Å². The van der Waals surface area contributed by atoms with Crippen molar-refractivity contribution in [1.82, 2.24) is 0 Å². The zero-order chi connectivity index (χ0) is 5.70. The summed E-state index contributed by atoms with van der Waals surface area (Å²) in [6, 6.07) is 0. The molecule has 0 aliphatic heterocycles. The van der Waals surface area contributed by atoms with Gasteiger partial charge < -0.3 is 15.5 Å². The van der Waals surface area contributed by atoms with Gasteiger partial charge in [0.2, 0.25) is 0 Å². The van der Waals surface area contributed by atoms with Crippen molar-refractivity contribution in [3.8, 4) is 0 Å². The molecule has 0 aliphatic carbocycles. The van der Waals surface area contributed by atoms with Gasteiger partial charge in [0.25, 0.3) is 0 Å². The van der Waals surface area contributed by atoms with Gasteiger partial charge in [0.05, 0.1) is 0 Å². The molecule has 4 N–H and O–H groups in total. The second-order valence-electron chi connectivity index (χ2n) is 0.941. The molecule has 0 amide bonds. The summed E-state index contributed by atoms with van der Waals surface area (Å²) in [5, 5.41) is 0. The third-order valence-electron chi connectivity index (χ3n) is 0.375.